The van der Waals surface area contributed by atoms with Crippen LogP contribution in [0.15, 0.2) is 6.07 Å². The van der Waals surface area contributed by atoms with Gasteiger partial charge in [0.25, 0.3) is 0 Å². The van der Waals surface area contributed by atoms with E-state index < -0.39 is 0 Å². The van der Waals surface area contributed by atoms with Crippen molar-refractivity contribution in [1.29, 1.82) is 0 Å². The molecule has 0 spiro atoms. The van der Waals surface area contributed by atoms with Gasteiger partial charge >= 0.3 is 0 Å². The number of aryl methyl sites for hydroxylation is 2. The number of rotatable bonds is 6. The largest absolute Gasteiger partial charge is 0.353 e. The zero-order chi connectivity index (χ0) is 12.8. The maximum absolute atomic E-state index is 4.36. The van der Waals surface area contributed by atoms with Crippen LogP contribution in [0.25, 0.3) is 0 Å². The van der Waals surface area contributed by atoms with Crippen molar-refractivity contribution in [3.05, 3.63) is 17.5 Å². The van der Waals surface area contributed by atoms with Crippen molar-refractivity contribution in [2.45, 2.75) is 40.2 Å². The van der Waals surface area contributed by atoms with Crippen LogP contribution in [0.3, 0.4) is 0 Å². The molecule has 0 saturated carbocycles. The second-order valence-electron chi connectivity index (χ2n) is 4.64. The third kappa shape index (κ3) is 4.69. The molecule has 0 aliphatic rings. The van der Waals surface area contributed by atoms with Crippen molar-refractivity contribution in [3.63, 3.8) is 0 Å². The lowest BCUT2D eigenvalue weighted by Crippen LogP contribution is -2.32. The van der Waals surface area contributed by atoms with Gasteiger partial charge in [0.05, 0.1) is 0 Å². The summed E-state index contributed by atoms with van der Waals surface area (Å²) in [6, 6.07) is 2.60. The molecule has 0 fully saturated rings. The summed E-state index contributed by atoms with van der Waals surface area (Å²) in [6.45, 7) is 10.3. The molecule has 4 heteroatoms. The van der Waals surface area contributed by atoms with E-state index in [-0.39, 0.29) is 0 Å². The minimum Gasteiger partial charge on any atom is -0.353 e. The van der Waals surface area contributed by atoms with E-state index in [1.807, 2.05) is 19.9 Å². The molecule has 1 heterocycles. The lowest BCUT2D eigenvalue weighted by molar-refractivity contribution is 0.261. The molecule has 0 aliphatic carbocycles. The van der Waals surface area contributed by atoms with Crippen LogP contribution in [0, 0.1) is 13.8 Å². The fraction of sp³-hybridized carbons (Fsp3) is 0.692. The maximum Gasteiger partial charge on any atom is 0.223 e. The Morgan fingerprint density at radius 3 is 2.41 bits per heavy atom. The molecule has 1 aromatic rings. The second kappa shape index (κ2) is 6.55. The van der Waals surface area contributed by atoms with Gasteiger partial charge in [0.1, 0.15) is 0 Å². The molecular formula is C13H24N4. The lowest BCUT2D eigenvalue weighted by atomic mass is 10.2. The average molecular weight is 236 g/mol. The molecule has 4 nitrogen and oxygen atoms in total. The van der Waals surface area contributed by atoms with E-state index in [9.17, 15) is 0 Å². The summed E-state index contributed by atoms with van der Waals surface area (Å²) in [5, 5.41) is 3.27. The molecule has 0 bridgehead atoms. The van der Waals surface area contributed by atoms with Crippen molar-refractivity contribution < 1.29 is 0 Å². The normalized spacial score (nSPS) is 12.8. The first kappa shape index (κ1) is 13.9. The Labute approximate surface area is 104 Å². The summed E-state index contributed by atoms with van der Waals surface area (Å²) >= 11 is 0. The smallest absolute Gasteiger partial charge is 0.223 e. The first-order valence-corrected chi connectivity index (χ1v) is 6.29. The number of hydrogen-bond acceptors (Lipinski definition) is 4. The molecule has 0 saturated heterocycles. The number of nitrogens with one attached hydrogen (secondary N) is 1. The Bertz CT molecular complexity index is 331. The van der Waals surface area contributed by atoms with E-state index in [2.05, 4.69) is 41.1 Å². The summed E-state index contributed by atoms with van der Waals surface area (Å²) in [5.41, 5.74) is 2.02. The highest BCUT2D eigenvalue weighted by Gasteiger charge is 2.06. The van der Waals surface area contributed by atoms with E-state index in [1.54, 1.807) is 0 Å². The van der Waals surface area contributed by atoms with E-state index in [1.165, 1.54) is 6.42 Å². The Kier molecular flexibility index (Phi) is 5.35. The zero-order valence-corrected chi connectivity index (χ0v) is 11.6. The van der Waals surface area contributed by atoms with Crippen molar-refractivity contribution in [2.24, 2.45) is 0 Å². The van der Waals surface area contributed by atoms with Crippen molar-refractivity contribution in [3.8, 4) is 0 Å². The van der Waals surface area contributed by atoms with Gasteiger partial charge in [-0.3, -0.25) is 0 Å². The van der Waals surface area contributed by atoms with Gasteiger partial charge in [0.2, 0.25) is 5.95 Å². The minimum absolute atomic E-state index is 0.622. The van der Waals surface area contributed by atoms with Crippen molar-refractivity contribution >= 4 is 5.95 Å². The fourth-order valence-corrected chi connectivity index (χ4v) is 1.68. The number of likely N-dealkylation sites (N-methyl/N-ethyl adjacent to an activating group) is 1. The fourth-order valence-electron chi connectivity index (χ4n) is 1.68. The Hall–Kier alpha value is -1.16. The van der Waals surface area contributed by atoms with Crippen LogP contribution >= 0.6 is 0 Å². The topological polar surface area (TPSA) is 41.0 Å². The average Bonchev–Trinajstić information content (AvgIpc) is 2.26. The Morgan fingerprint density at radius 1 is 1.29 bits per heavy atom. The Morgan fingerprint density at radius 2 is 1.88 bits per heavy atom. The summed E-state index contributed by atoms with van der Waals surface area (Å²) in [5.74, 6) is 0.736. The van der Waals surface area contributed by atoms with Gasteiger partial charge < -0.3 is 10.2 Å². The van der Waals surface area contributed by atoms with Gasteiger partial charge in [0.15, 0.2) is 0 Å². The maximum atomic E-state index is 4.36. The second-order valence-corrected chi connectivity index (χ2v) is 4.64. The van der Waals surface area contributed by atoms with Gasteiger partial charge in [-0.15, -0.1) is 0 Å². The lowest BCUT2D eigenvalue weighted by Gasteiger charge is -2.23. The predicted octanol–water partition coefficient (Wildman–Crippen LogP) is 2.24. The van der Waals surface area contributed by atoms with Gasteiger partial charge in [0, 0.05) is 30.5 Å². The van der Waals surface area contributed by atoms with Crippen LogP contribution in [0.2, 0.25) is 0 Å². The van der Waals surface area contributed by atoms with Crippen LogP contribution in [-0.2, 0) is 0 Å². The molecule has 17 heavy (non-hydrogen) atoms. The summed E-state index contributed by atoms with van der Waals surface area (Å²) in [6.07, 6.45) is 1.18. The van der Waals surface area contributed by atoms with Crippen molar-refractivity contribution in [2.75, 3.05) is 25.5 Å². The summed E-state index contributed by atoms with van der Waals surface area (Å²) in [4.78, 5) is 11.1. The molecule has 1 rings (SSSR count). The molecule has 0 aliphatic heterocycles. The highest BCUT2D eigenvalue weighted by atomic mass is 15.2. The zero-order valence-electron chi connectivity index (χ0n) is 11.6. The SMILES string of the molecule is CCC(C)N(C)CCNc1nc(C)cc(C)n1. The first-order chi connectivity index (χ1) is 8.02. The van der Waals surface area contributed by atoms with Crippen LogP contribution < -0.4 is 5.32 Å². The van der Waals surface area contributed by atoms with E-state index >= 15 is 0 Å². The molecule has 1 unspecified atom stereocenters. The third-order valence-electron chi connectivity index (χ3n) is 3.07. The quantitative estimate of drug-likeness (QED) is 0.822. The molecule has 1 atom stereocenters. The highest BCUT2D eigenvalue weighted by molar-refractivity contribution is 5.27. The molecule has 1 aromatic heterocycles. The van der Waals surface area contributed by atoms with Crippen LogP contribution in [0.5, 0.6) is 0 Å². The minimum atomic E-state index is 0.622. The molecular weight excluding hydrogens is 212 g/mol. The molecule has 0 amide bonds. The molecule has 0 radical (unpaired) electrons. The monoisotopic (exact) mass is 236 g/mol. The third-order valence-corrected chi connectivity index (χ3v) is 3.07. The standard InChI is InChI=1S/C13H24N4/c1-6-12(4)17(5)8-7-14-13-15-10(2)9-11(3)16-13/h9,12H,6-8H2,1-5H3,(H,14,15,16). The molecule has 0 aromatic carbocycles. The van der Waals surface area contributed by atoms with E-state index in [4.69, 9.17) is 0 Å². The van der Waals surface area contributed by atoms with Gasteiger partial charge in [-0.1, -0.05) is 6.92 Å². The van der Waals surface area contributed by atoms with Crippen LogP contribution in [0.1, 0.15) is 31.7 Å². The van der Waals surface area contributed by atoms with Gasteiger partial charge in [-0.05, 0) is 40.3 Å². The molecule has 96 valence electrons. The van der Waals surface area contributed by atoms with Gasteiger partial charge in [-0.25, -0.2) is 9.97 Å². The number of anilines is 1. The van der Waals surface area contributed by atoms with E-state index in [0.29, 0.717) is 6.04 Å². The highest BCUT2D eigenvalue weighted by Crippen LogP contribution is 2.04. The Balaban J connectivity index is 2.40. The van der Waals surface area contributed by atoms with Gasteiger partial charge in [-0.2, -0.15) is 0 Å². The number of hydrogen-bond donors (Lipinski definition) is 1. The number of aromatic nitrogens is 2. The van der Waals surface area contributed by atoms with Crippen molar-refractivity contribution in [1.82, 2.24) is 14.9 Å². The predicted molar refractivity (Wildman–Crippen MR) is 72.4 cm³/mol. The summed E-state index contributed by atoms with van der Waals surface area (Å²) < 4.78 is 0. The number of nitrogens with zero attached hydrogens (tertiary/aromatic N) is 3. The first-order valence-electron chi connectivity index (χ1n) is 6.29. The van der Waals surface area contributed by atoms with E-state index in [0.717, 1.165) is 30.4 Å². The molecule has 1 N–H and O–H groups in total. The van der Waals surface area contributed by atoms with Crippen LogP contribution in [-0.4, -0.2) is 41.0 Å². The summed E-state index contributed by atoms with van der Waals surface area (Å²) in [7, 11) is 2.15. The van der Waals surface area contributed by atoms with Crippen LogP contribution in [0.4, 0.5) is 5.95 Å².